The quantitative estimate of drug-likeness (QED) is 0.748. The standard InChI is InChI=1S/C21H21N3O3/c1-14-11-15-13-22-23-18(15)17(12-14)19(25)24-9-7-21(8-10-24,20(26)27)16-5-3-2-4-6-16/h2-6,11-13H,7-10H2,1H3,(H,22,23)(H,26,27). The second-order valence-electron chi connectivity index (χ2n) is 7.19. The summed E-state index contributed by atoms with van der Waals surface area (Å²) in [7, 11) is 0. The van der Waals surface area contributed by atoms with Crippen LogP contribution in [-0.2, 0) is 10.2 Å². The van der Waals surface area contributed by atoms with Gasteiger partial charge in [-0.25, -0.2) is 0 Å². The van der Waals surface area contributed by atoms with Crippen LogP contribution in [0.5, 0.6) is 0 Å². The second kappa shape index (κ2) is 6.54. The molecule has 2 N–H and O–H groups in total. The number of carboxylic acid groups (broad SMARTS) is 1. The van der Waals surface area contributed by atoms with Crippen molar-refractivity contribution in [3.8, 4) is 0 Å². The Morgan fingerprint density at radius 2 is 1.85 bits per heavy atom. The molecular weight excluding hydrogens is 342 g/mol. The number of nitrogens with zero attached hydrogens (tertiary/aromatic N) is 2. The summed E-state index contributed by atoms with van der Waals surface area (Å²) < 4.78 is 0. The van der Waals surface area contributed by atoms with Gasteiger partial charge in [0.1, 0.15) is 0 Å². The van der Waals surface area contributed by atoms with Gasteiger partial charge in [0.25, 0.3) is 5.91 Å². The first kappa shape index (κ1) is 17.3. The Hall–Kier alpha value is -3.15. The van der Waals surface area contributed by atoms with Crippen LogP contribution >= 0.6 is 0 Å². The predicted molar refractivity (Wildman–Crippen MR) is 102 cm³/mol. The number of benzene rings is 2. The smallest absolute Gasteiger partial charge is 0.314 e. The van der Waals surface area contributed by atoms with Gasteiger partial charge in [0.15, 0.2) is 0 Å². The summed E-state index contributed by atoms with van der Waals surface area (Å²) in [6, 6.07) is 13.2. The number of carbonyl (C=O) groups is 2. The van der Waals surface area contributed by atoms with Gasteiger partial charge >= 0.3 is 5.97 Å². The SMILES string of the molecule is Cc1cc(C(=O)N2CCC(C(=O)O)(c3ccccc3)CC2)c2[nH]ncc2c1. The molecule has 0 atom stereocenters. The molecule has 0 radical (unpaired) electrons. The van der Waals surface area contributed by atoms with E-state index in [4.69, 9.17) is 0 Å². The van der Waals surface area contributed by atoms with Crippen molar-refractivity contribution in [2.45, 2.75) is 25.2 Å². The third kappa shape index (κ3) is 2.87. The second-order valence-corrected chi connectivity index (χ2v) is 7.19. The van der Waals surface area contributed by atoms with Gasteiger partial charge in [-0.15, -0.1) is 0 Å². The molecule has 4 rings (SSSR count). The minimum Gasteiger partial charge on any atom is -0.481 e. The number of carbonyl (C=O) groups excluding carboxylic acids is 1. The third-order valence-corrected chi connectivity index (χ3v) is 5.56. The summed E-state index contributed by atoms with van der Waals surface area (Å²) >= 11 is 0. The minimum absolute atomic E-state index is 0.0833. The van der Waals surface area contributed by atoms with Crippen LogP contribution in [0.4, 0.5) is 0 Å². The molecule has 27 heavy (non-hydrogen) atoms. The first-order valence-corrected chi connectivity index (χ1v) is 9.03. The van der Waals surface area contributed by atoms with Crippen LogP contribution in [0.15, 0.2) is 48.7 Å². The Morgan fingerprint density at radius 3 is 2.52 bits per heavy atom. The molecule has 6 nitrogen and oxygen atoms in total. The van der Waals surface area contributed by atoms with Gasteiger partial charge in [0.05, 0.1) is 22.7 Å². The molecule has 1 aromatic heterocycles. The average molecular weight is 363 g/mol. The van der Waals surface area contributed by atoms with Crippen LogP contribution in [-0.4, -0.2) is 45.2 Å². The Kier molecular flexibility index (Phi) is 4.18. The van der Waals surface area contributed by atoms with E-state index in [1.54, 1.807) is 11.1 Å². The molecule has 2 heterocycles. The maximum absolute atomic E-state index is 13.1. The lowest BCUT2D eigenvalue weighted by atomic mass is 9.72. The van der Waals surface area contributed by atoms with Crippen molar-refractivity contribution in [3.63, 3.8) is 0 Å². The van der Waals surface area contributed by atoms with Gasteiger partial charge in [-0.1, -0.05) is 30.3 Å². The first-order chi connectivity index (χ1) is 13.0. The predicted octanol–water partition coefficient (Wildman–Crippen LogP) is 3.13. The molecule has 6 heteroatoms. The van der Waals surface area contributed by atoms with Crippen LogP contribution in [0.25, 0.3) is 10.9 Å². The number of hydrogen-bond donors (Lipinski definition) is 2. The number of H-pyrrole nitrogens is 1. The fourth-order valence-corrected chi connectivity index (χ4v) is 4.02. The highest BCUT2D eigenvalue weighted by Crippen LogP contribution is 2.36. The summed E-state index contributed by atoms with van der Waals surface area (Å²) in [5.41, 5.74) is 2.17. The van der Waals surface area contributed by atoms with Gasteiger partial charge < -0.3 is 10.0 Å². The number of aromatic nitrogens is 2. The molecule has 2 aromatic carbocycles. The van der Waals surface area contributed by atoms with Gasteiger partial charge in [-0.05, 0) is 43.0 Å². The largest absolute Gasteiger partial charge is 0.481 e. The number of rotatable bonds is 3. The maximum Gasteiger partial charge on any atom is 0.314 e. The van der Waals surface area contributed by atoms with Crippen molar-refractivity contribution in [3.05, 3.63) is 65.4 Å². The number of aryl methyl sites for hydroxylation is 1. The molecule has 0 spiro atoms. The summed E-state index contributed by atoms with van der Waals surface area (Å²) in [4.78, 5) is 27.0. The Bertz CT molecular complexity index is 1000. The molecule has 1 amide bonds. The van der Waals surface area contributed by atoms with Gasteiger partial charge in [0.2, 0.25) is 0 Å². The van der Waals surface area contributed by atoms with Crippen LogP contribution in [0.2, 0.25) is 0 Å². The van der Waals surface area contributed by atoms with Crippen LogP contribution in [0, 0.1) is 6.92 Å². The number of nitrogens with one attached hydrogen (secondary N) is 1. The number of aromatic amines is 1. The van der Waals surface area contributed by atoms with Crippen molar-refractivity contribution in [2.75, 3.05) is 13.1 Å². The molecule has 1 fully saturated rings. The molecule has 1 aliphatic rings. The van der Waals surface area contributed by atoms with Crippen molar-refractivity contribution in [2.24, 2.45) is 0 Å². The molecule has 0 aliphatic carbocycles. The van der Waals surface area contributed by atoms with E-state index in [9.17, 15) is 14.7 Å². The van der Waals surface area contributed by atoms with Crippen molar-refractivity contribution in [1.29, 1.82) is 0 Å². The Balaban J connectivity index is 1.61. The summed E-state index contributed by atoms with van der Waals surface area (Å²) in [5.74, 6) is -0.910. The number of amides is 1. The maximum atomic E-state index is 13.1. The van der Waals surface area contributed by atoms with Crippen molar-refractivity contribution in [1.82, 2.24) is 15.1 Å². The third-order valence-electron chi connectivity index (χ3n) is 5.56. The highest BCUT2D eigenvalue weighted by Gasteiger charge is 2.44. The molecule has 0 saturated carbocycles. The lowest BCUT2D eigenvalue weighted by molar-refractivity contribution is -0.145. The van der Waals surface area contributed by atoms with Crippen LogP contribution in [0.1, 0.15) is 34.3 Å². The number of fused-ring (bicyclic) bond motifs is 1. The molecule has 138 valence electrons. The molecule has 1 saturated heterocycles. The number of likely N-dealkylation sites (tertiary alicyclic amines) is 1. The van der Waals surface area contributed by atoms with Crippen molar-refractivity contribution >= 4 is 22.8 Å². The van der Waals surface area contributed by atoms with E-state index in [1.807, 2.05) is 49.4 Å². The Morgan fingerprint density at radius 1 is 1.15 bits per heavy atom. The molecular formula is C21H21N3O3. The van der Waals surface area contributed by atoms with Gasteiger partial charge in [-0.2, -0.15) is 5.10 Å². The number of hydrogen-bond acceptors (Lipinski definition) is 3. The van der Waals surface area contributed by atoms with E-state index >= 15 is 0 Å². The van der Waals surface area contributed by atoms with E-state index in [0.717, 1.165) is 22.0 Å². The fraction of sp³-hybridized carbons (Fsp3) is 0.286. The number of carboxylic acids is 1. The topological polar surface area (TPSA) is 86.3 Å². The zero-order valence-electron chi connectivity index (χ0n) is 15.1. The van der Waals surface area contributed by atoms with E-state index in [1.165, 1.54) is 0 Å². The van der Waals surface area contributed by atoms with Gasteiger partial charge in [-0.3, -0.25) is 14.7 Å². The summed E-state index contributed by atoms with van der Waals surface area (Å²) in [6.45, 7) is 2.76. The summed E-state index contributed by atoms with van der Waals surface area (Å²) in [6.07, 6.45) is 2.51. The lowest BCUT2D eigenvalue weighted by Crippen LogP contribution is -2.49. The molecule has 3 aromatic rings. The fourth-order valence-electron chi connectivity index (χ4n) is 4.02. The van der Waals surface area contributed by atoms with Gasteiger partial charge in [0, 0.05) is 18.5 Å². The average Bonchev–Trinajstić information content (AvgIpc) is 3.15. The van der Waals surface area contributed by atoms with Crippen LogP contribution < -0.4 is 0 Å². The first-order valence-electron chi connectivity index (χ1n) is 9.03. The van der Waals surface area contributed by atoms with Crippen LogP contribution in [0.3, 0.4) is 0 Å². The van der Waals surface area contributed by atoms with E-state index in [2.05, 4.69) is 10.2 Å². The number of piperidine rings is 1. The summed E-state index contributed by atoms with van der Waals surface area (Å²) in [5, 5.41) is 17.8. The van der Waals surface area contributed by atoms with Crippen molar-refractivity contribution < 1.29 is 14.7 Å². The lowest BCUT2D eigenvalue weighted by Gasteiger charge is -2.39. The van der Waals surface area contributed by atoms with E-state index in [-0.39, 0.29) is 5.91 Å². The molecule has 1 aliphatic heterocycles. The minimum atomic E-state index is -0.937. The van der Waals surface area contributed by atoms with E-state index in [0.29, 0.717) is 31.5 Å². The zero-order chi connectivity index (χ0) is 19.0. The van der Waals surface area contributed by atoms with E-state index < -0.39 is 11.4 Å². The molecule has 0 unspecified atom stereocenters. The number of aliphatic carboxylic acids is 1. The monoisotopic (exact) mass is 363 g/mol. The molecule has 0 bridgehead atoms. The highest BCUT2D eigenvalue weighted by molar-refractivity contribution is 6.05. The Labute approximate surface area is 156 Å². The highest BCUT2D eigenvalue weighted by atomic mass is 16.4. The normalized spacial score (nSPS) is 16.4. The zero-order valence-corrected chi connectivity index (χ0v) is 15.1.